The van der Waals surface area contributed by atoms with Gasteiger partial charge in [-0.3, -0.25) is 4.79 Å². The lowest BCUT2D eigenvalue weighted by Gasteiger charge is -2.24. The number of carbonyl (C=O) groups is 2. The number of halogens is 1. The van der Waals surface area contributed by atoms with Gasteiger partial charge in [0, 0.05) is 5.56 Å². The number of carboxylic acids is 1. The molecule has 0 saturated carbocycles. The van der Waals surface area contributed by atoms with Crippen LogP contribution in [0.4, 0.5) is 15.9 Å². The van der Waals surface area contributed by atoms with Gasteiger partial charge in [0.25, 0.3) is 5.91 Å². The minimum atomic E-state index is -1.24. The van der Waals surface area contributed by atoms with Gasteiger partial charge in [-0.05, 0) is 24.3 Å². The van der Waals surface area contributed by atoms with Gasteiger partial charge < -0.3 is 20.5 Å². The Labute approximate surface area is 170 Å². The molecule has 2 aromatic carbocycles. The lowest BCUT2D eigenvalue weighted by molar-refractivity contribution is -0.132. The van der Waals surface area contributed by atoms with Crippen molar-refractivity contribution in [3.8, 4) is 5.75 Å². The minimum absolute atomic E-state index is 0.106. The Morgan fingerprint density at radius 3 is 2.67 bits per heavy atom. The summed E-state index contributed by atoms with van der Waals surface area (Å²) in [4.78, 5) is 24.5. The smallest absolute Gasteiger partial charge is 0.352 e. The molecule has 1 atom stereocenters. The van der Waals surface area contributed by atoms with E-state index in [0.29, 0.717) is 11.4 Å². The number of carboxylic acid groups (broad SMARTS) is 1. The van der Waals surface area contributed by atoms with Crippen molar-refractivity contribution in [2.75, 3.05) is 17.7 Å². The molecule has 8 nitrogen and oxygen atoms in total. The summed E-state index contributed by atoms with van der Waals surface area (Å²) in [5.74, 6) is -1.65. The largest absolute Gasteiger partial charge is 0.495 e. The summed E-state index contributed by atoms with van der Waals surface area (Å²) in [6, 6.07) is 12.0. The molecule has 0 unspecified atom stereocenters. The zero-order chi connectivity index (χ0) is 21.3. The average Bonchev–Trinajstić information content (AvgIpc) is 3.18. The number of para-hydroxylation sites is 2. The standard InChI is InChI=1S/C21H17FN4O4/c1-30-18-9-5-4-8-15(18)25-20(27)13-11-23-26-17(12-6-2-3-7-14(12)22)10-16(21(28)29)24-19(13)26/h2-11,17,24H,1H3,(H,25,27)(H,28,29)/t17-/m0/s1. The molecule has 9 heteroatoms. The molecule has 0 spiro atoms. The number of hydrogen-bond donors (Lipinski definition) is 3. The molecule has 0 saturated heterocycles. The maximum atomic E-state index is 14.4. The first-order chi connectivity index (χ1) is 14.5. The fraction of sp³-hybridized carbons (Fsp3) is 0.0952. The first kappa shape index (κ1) is 19.2. The Balaban J connectivity index is 1.74. The predicted molar refractivity (Wildman–Crippen MR) is 107 cm³/mol. The third kappa shape index (κ3) is 3.37. The van der Waals surface area contributed by atoms with Crippen molar-refractivity contribution in [3.05, 3.63) is 83.4 Å². The number of nitrogens with one attached hydrogen (secondary N) is 2. The highest BCUT2D eigenvalue weighted by molar-refractivity contribution is 6.09. The molecule has 0 fully saturated rings. The molecule has 0 aliphatic carbocycles. The summed E-state index contributed by atoms with van der Waals surface area (Å²) in [6.07, 6.45) is 2.65. The van der Waals surface area contributed by atoms with E-state index >= 15 is 0 Å². The zero-order valence-electron chi connectivity index (χ0n) is 15.8. The molecular formula is C21H17FN4O4. The molecule has 4 rings (SSSR count). The molecule has 2 heterocycles. The third-order valence-electron chi connectivity index (χ3n) is 4.69. The summed E-state index contributed by atoms with van der Waals surface area (Å²) in [5, 5.41) is 19.1. The van der Waals surface area contributed by atoms with Crippen molar-refractivity contribution in [1.82, 2.24) is 9.78 Å². The van der Waals surface area contributed by atoms with Gasteiger partial charge >= 0.3 is 5.97 Å². The monoisotopic (exact) mass is 408 g/mol. The van der Waals surface area contributed by atoms with E-state index in [0.717, 1.165) is 0 Å². The molecule has 1 aliphatic rings. The van der Waals surface area contributed by atoms with Crippen LogP contribution in [0.3, 0.4) is 0 Å². The second kappa shape index (κ2) is 7.70. The number of rotatable bonds is 5. The molecule has 3 aromatic rings. The Bertz CT molecular complexity index is 1170. The summed E-state index contributed by atoms with van der Waals surface area (Å²) < 4.78 is 21.0. The van der Waals surface area contributed by atoms with Gasteiger partial charge in [0.15, 0.2) is 0 Å². The van der Waals surface area contributed by atoms with Crippen LogP contribution in [0.25, 0.3) is 0 Å². The van der Waals surface area contributed by atoms with Crippen LogP contribution in [-0.4, -0.2) is 33.9 Å². The van der Waals surface area contributed by atoms with Crippen LogP contribution in [0.15, 0.2) is 66.5 Å². The zero-order valence-corrected chi connectivity index (χ0v) is 15.8. The van der Waals surface area contributed by atoms with Crippen molar-refractivity contribution in [1.29, 1.82) is 0 Å². The number of amides is 1. The van der Waals surface area contributed by atoms with Crippen LogP contribution < -0.4 is 15.4 Å². The van der Waals surface area contributed by atoms with Crippen molar-refractivity contribution in [3.63, 3.8) is 0 Å². The molecular weight excluding hydrogens is 391 g/mol. The molecule has 3 N–H and O–H groups in total. The molecule has 30 heavy (non-hydrogen) atoms. The van der Waals surface area contributed by atoms with E-state index in [9.17, 15) is 19.1 Å². The summed E-state index contributed by atoms with van der Waals surface area (Å²) >= 11 is 0. The van der Waals surface area contributed by atoms with Crippen LogP contribution in [0.2, 0.25) is 0 Å². The number of benzene rings is 2. The Hall–Kier alpha value is -4.14. The number of allylic oxidation sites excluding steroid dienone is 1. The van der Waals surface area contributed by atoms with Gasteiger partial charge in [0.1, 0.15) is 34.7 Å². The molecule has 1 aromatic heterocycles. The Morgan fingerprint density at radius 1 is 1.20 bits per heavy atom. The van der Waals surface area contributed by atoms with E-state index in [1.54, 1.807) is 36.4 Å². The highest BCUT2D eigenvalue weighted by Crippen LogP contribution is 2.34. The lowest BCUT2D eigenvalue weighted by atomic mass is 10.0. The van der Waals surface area contributed by atoms with Gasteiger partial charge in [-0.2, -0.15) is 5.10 Å². The summed E-state index contributed by atoms with van der Waals surface area (Å²) in [7, 11) is 1.48. The molecule has 0 radical (unpaired) electrons. The summed E-state index contributed by atoms with van der Waals surface area (Å²) in [6.45, 7) is 0. The number of hydrogen-bond acceptors (Lipinski definition) is 5. The minimum Gasteiger partial charge on any atom is -0.495 e. The number of nitrogens with zero attached hydrogens (tertiary/aromatic N) is 2. The number of fused-ring (bicyclic) bond motifs is 1. The molecule has 152 valence electrons. The fourth-order valence-electron chi connectivity index (χ4n) is 3.26. The second-order valence-electron chi connectivity index (χ2n) is 6.48. The number of aliphatic carboxylic acids is 1. The molecule has 1 aliphatic heterocycles. The molecule has 0 bridgehead atoms. The molecule has 1 amide bonds. The van der Waals surface area contributed by atoms with Gasteiger partial charge in [0.05, 0.1) is 19.0 Å². The van der Waals surface area contributed by atoms with Crippen molar-refractivity contribution >= 4 is 23.4 Å². The first-order valence-electron chi connectivity index (χ1n) is 8.98. The van der Waals surface area contributed by atoms with E-state index in [2.05, 4.69) is 15.7 Å². The van der Waals surface area contributed by atoms with Gasteiger partial charge in [-0.25, -0.2) is 13.9 Å². The number of ether oxygens (including phenoxy) is 1. The van der Waals surface area contributed by atoms with Gasteiger partial charge in [-0.15, -0.1) is 0 Å². The van der Waals surface area contributed by atoms with Crippen molar-refractivity contribution in [2.24, 2.45) is 0 Å². The van der Waals surface area contributed by atoms with Crippen LogP contribution in [0.5, 0.6) is 5.75 Å². The normalized spacial score (nSPS) is 14.9. The second-order valence-corrected chi connectivity index (χ2v) is 6.48. The Morgan fingerprint density at radius 2 is 1.93 bits per heavy atom. The maximum absolute atomic E-state index is 14.4. The van der Waals surface area contributed by atoms with Crippen LogP contribution in [0, 0.1) is 5.82 Å². The lowest BCUT2D eigenvalue weighted by Crippen LogP contribution is -2.26. The van der Waals surface area contributed by atoms with E-state index in [1.165, 1.54) is 36.2 Å². The fourth-order valence-corrected chi connectivity index (χ4v) is 3.26. The SMILES string of the molecule is COc1ccccc1NC(=O)c1cnn2c1NC(C(=O)O)=C[C@H]2c1ccccc1F. The van der Waals surface area contributed by atoms with E-state index < -0.39 is 23.7 Å². The highest BCUT2D eigenvalue weighted by atomic mass is 19.1. The number of anilines is 2. The topological polar surface area (TPSA) is 105 Å². The van der Waals surface area contributed by atoms with Crippen LogP contribution in [-0.2, 0) is 4.79 Å². The van der Waals surface area contributed by atoms with E-state index in [1.807, 2.05) is 0 Å². The van der Waals surface area contributed by atoms with Crippen molar-refractivity contribution < 1.29 is 23.8 Å². The van der Waals surface area contributed by atoms with E-state index in [-0.39, 0.29) is 22.6 Å². The Kier molecular flexibility index (Phi) is 4.93. The first-order valence-corrected chi connectivity index (χ1v) is 8.98. The van der Waals surface area contributed by atoms with Crippen molar-refractivity contribution in [2.45, 2.75) is 6.04 Å². The quantitative estimate of drug-likeness (QED) is 0.598. The predicted octanol–water partition coefficient (Wildman–Crippen LogP) is 3.27. The van der Waals surface area contributed by atoms with Crippen LogP contribution >= 0.6 is 0 Å². The maximum Gasteiger partial charge on any atom is 0.352 e. The highest BCUT2D eigenvalue weighted by Gasteiger charge is 2.30. The average molecular weight is 408 g/mol. The van der Waals surface area contributed by atoms with Gasteiger partial charge in [-0.1, -0.05) is 30.3 Å². The summed E-state index contributed by atoms with van der Waals surface area (Å²) in [5.41, 5.74) is 0.607. The number of carbonyl (C=O) groups excluding carboxylic acids is 1. The number of aromatic nitrogens is 2. The van der Waals surface area contributed by atoms with Gasteiger partial charge in [0.2, 0.25) is 0 Å². The van der Waals surface area contributed by atoms with E-state index in [4.69, 9.17) is 4.74 Å². The van der Waals surface area contributed by atoms with Crippen LogP contribution in [0.1, 0.15) is 22.0 Å². The third-order valence-corrected chi connectivity index (χ3v) is 4.69. The number of methoxy groups -OCH3 is 1.